The molecule has 0 aromatic carbocycles. The molecule has 0 saturated heterocycles. The zero-order valence-electron chi connectivity index (χ0n) is 6.00. The second kappa shape index (κ2) is 9.82. The SMILES string of the molecule is O[Si](O)(O)O.[Al+3].[K+].[O-][Si]([O-])([O-])[O-]. The summed E-state index contributed by atoms with van der Waals surface area (Å²) < 4.78 is 0. The van der Waals surface area contributed by atoms with E-state index in [4.69, 9.17) is 38.4 Å². The van der Waals surface area contributed by atoms with Crippen LogP contribution >= 0.6 is 0 Å². The van der Waals surface area contributed by atoms with Gasteiger partial charge in [-0.3, -0.25) is 0 Å². The molecule has 4 N–H and O–H groups in total. The Morgan fingerprint density at radius 1 is 0.750 bits per heavy atom. The molecular formula is H4AlKO8Si2. The first-order chi connectivity index (χ1) is 4.00. The largest absolute Gasteiger partial charge is 3.00 e. The number of rotatable bonds is 0. The molecule has 0 bridgehead atoms. The van der Waals surface area contributed by atoms with Gasteiger partial charge in [0, 0.05) is 0 Å². The van der Waals surface area contributed by atoms with Gasteiger partial charge < -0.3 is 47.4 Å². The zero-order chi connectivity index (χ0) is 9.00. The molecule has 8 nitrogen and oxygen atoms in total. The standard InChI is InChI=1S/Al.K.H4O4Si.O4Si/c;;2*1-5(2,3)4/h;;1-4H;/q+3;+1;;-4. The molecular weight excluding hydrogens is 250 g/mol. The molecule has 0 unspecified atom stereocenters. The quantitative estimate of drug-likeness (QED) is 0.308. The van der Waals surface area contributed by atoms with Crippen LogP contribution in [0, 0.1) is 0 Å². The normalized spacial score (nSPS) is 10.0. The molecule has 0 aliphatic carbocycles. The third-order valence-electron chi connectivity index (χ3n) is 0. The molecule has 0 aliphatic rings. The van der Waals surface area contributed by atoms with Crippen LogP contribution in [0.3, 0.4) is 0 Å². The second-order valence-electron chi connectivity index (χ2n) is 1.10. The maximum atomic E-state index is 8.58. The van der Waals surface area contributed by atoms with Crippen molar-refractivity contribution in [2.45, 2.75) is 0 Å². The van der Waals surface area contributed by atoms with E-state index in [1.54, 1.807) is 0 Å². The van der Waals surface area contributed by atoms with Crippen molar-refractivity contribution >= 4 is 35.5 Å². The van der Waals surface area contributed by atoms with E-state index in [1.807, 2.05) is 0 Å². The summed E-state index contributed by atoms with van der Waals surface area (Å²) in [5.74, 6) is 0. The van der Waals surface area contributed by atoms with E-state index in [-0.39, 0.29) is 68.7 Å². The Morgan fingerprint density at radius 3 is 0.750 bits per heavy atom. The van der Waals surface area contributed by atoms with Crippen molar-refractivity contribution in [3.8, 4) is 0 Å². The summed E-state index contributed by atoms with van der Waals surface area (Å²) in [6, 6.07) is 0. The van der Waals surface area contributed by atoms with E-state index in [0.29, 0.717) is 0 Å². The van der Waals surface area contributed by atoms with Crippen LogP contribution < -0.4 is 70.6 Å². The van der Waals surface area contributed by atoms with E-state index in [9.17, 15) is 0 Å². The minimum absolute atomic E-state index is 0. The maximum Gasteiger partial charge on any atom is 3.00 e. The van der Waals surface area contributed by atoms with Gasteiger partial charge in [-0.25, -0.2) is 0 Å². The summed E-state index contributed by atoms with van der Waals surface area (Å²) in [6.45, 7) is 0. The third kappa shape index (κ3) is 300. The molecule has 0 spiro atoms. The van der Waals surface area contributed by atoms with Crippen LogP contribution in [0.15, 0.2) is 0 Å². The molecule has 0 aromatic heterocycles. The molecule has 0 rings (SSSR count). The van der Waals surface area contributed by atoms with Gasteiger partial charge in [-0.05, 0) is 0 Å². The summed E-state index contributed by atoms with van der Waals surface area (Å²) in [5.41, 5.74) is 0. The van der Waals surface area contributed by atoms with Crippen molar-refractivity contribution in [1.82, 2.24) is 0 Å². The predicted octanol–water partition coefficient (Wildman–Crippen LogP) is -11.1. The molecule has 0 aromatic rings. The van der Waals surface area contributed by atoms with Crippen molar-refractivity contribution in [2.24, 2.45) is 0 Å². The molecule has 0 saturated carbocycles. The van der Waals surface area contributed by atoms with Crippen LogP contribution in [0.1, 0.15) is 0 Å². The Labute approximate surface area is 123 Å². The molecule has 12 heavy (non-hydrogen) atoms. The molecule has 0 atom stereocenters. The van der Waals surface area contributed by atoms with Crippen molar-refractivity contribution < 1.29 is 89.7 Å². The summed E-state index contributed by atoms with van der Waals surface area (Å²) in [7, 11) is -10.2. The summed E-state index contributed by atoms with van der Waals surface area (Å²) in [4.78, 5) is 63.6. The first-order valence-corrected chi connectivity index (χ1v) is 5.13. The smallest absolute Gasteiger partial charge is 0.894 e. The molecule has 0 radical (unpaired) electrons. The van der Waals surface area contributed by atoms with E-state index < -0.39 is 18.1 Å². The van der Waals surface area contributed by atoms with Crippen molar-refractivity contribution in [2.75, 3.05) is 0 Å². The summed E-state index contributed by atoms with van der Waals surface area (Å²) in [5, 5.41) is 0. The van der Waals surface area contributed by atoms with Gasteiger partial charge in [0.15, 0.2) is 0 Å². The van der Waals surface area contributed by atoms with E-state index in [1.165, 1.54) is 0 Å². The third-order valence-corrected chi connectivity index (χ3v) is 0. The Morgan fingerprint density at radius 2 is 0.750 bits per heavy atom. The molecule has 0 heterocycles. The van der Waals surface area contributed by atoms with Crippen LogP contribution in [0.2, 0.25) is 0 Å². The molecule has 0 aliphatic heterocycles. The van der Waals surface area contributed by atoms with Crippen LogP contribution in [0.25, 0.3) is 0 Å². The fourth-order valence-electron chi connectivity index (χ4n) is 0. The van der Waals surface area contributed by atoms with E-state index >= 15 is 0 Å². The van der Waals surface area contributed by atoms with Gasteiger partial charge in [-0.15, -0.1) is 0 Å². The summed E-state index contributed by atoms with van der Waals surface area (Å²) in [6.07, 6.45) is 0. The van der Waals surface area contributed by atoms with Gasteiger partial charge >= 0.3 is 77.8 Å². The van der Waals surface area contributed by atoms with Gasteiger partial charge in [-0.2, -0.15) is 0 Å². The summed E-state index contributed by atoms with van der Waals surface area (Å²) >= 11 is 0. The predicted molar refractivity (Wildman–Crippen MR) is 26.1 cm³/mol. The van der Waals surface area contributed by atoms with Crippen LogP contribution in [0.4, 0.5) is 0 Å². The van der Waals surface area contributed by atoms with E-state index in [0.717, 1.165) is 0 Å². The average Bonchev–Trinajstić information content (AvgIpc) is 1.12. The Bertz CT molecular complexity index is 60.0. The Hall–Kier alpha value is 2.28. The fourth-order valence-corrected chi connectivity index (χ4v) is 0. The van der Waals surface area contributed by atoms with Crippen LogP contribution in [-0.2, 0) is 0 Å². The van der Waals surface area contributed by atoms with Gasteiger partial charge in [-0.1, -0.05) is 0 Å². The van der Waals surface area contributed by atoms with Gasteiger partial charge in [0.2, 0.25) is 0 Å². The average molecular weight is 254 g/mol. The van der Waals surface area contributed by atoms with Crippen LogP contribution in [0.5, 0.6) is 0 Å². The second-order valence-corrected chi connectivity index (χ2v) is 3.30. The van der Waals surface area contributed by atoms with Gasteiger partial charge in [0.05, 0.1) is 0 Å². The van der Waals surface area contributed by atoms with Crippen LogP contribution in [-0.4, -0.2) is 54.6 Å². The van der Waals surface area contributed by atoms with E-state index in [2.05, 4.69) is 0 Å². The molecule has 12 heteroatoms. The minimum Gasteiger partial charge on any atom is -0.894 e. The van der Waals surface area contributed by atoms with Crippen molar-refractivity contribution in [1.29, 1.82) is 0 Å². The topological polar surface area (TPSA) is 173 Å². The fraction of sp³-hybridized carbons (Fsp3) is 0. The zero-order valence-corrected chi connectivity index (χ0v) is 12.3. The molecule has 64 valence electrons. The number of hydrogen-bond donors (Lipinski definition) is 4. The minimum atomic E-state index is -5.61. The Kier molecular flexibility index (Phi) is 19.5. The van der Waals surface area contributed by atoms with Crippen molar-refractivity contribution in [3.05, 3.63) is 0 Å². The number of hydrogen-bond acceptors (Lipinski definition) is 8. The first-order valence-electron chi connectivity index (χ1n) is 1.71. The Balaban J connectivity index is -0.0000000457. The molecule has 0 amide bonds. The monoisotopic (exact) mass is 254 g/mol. The van der Waals surface area contributed by atoms with Gasteiger partial charge in [0.1, 0.15) is 0 Å². The van der Waals surface area contributed by atoms with Gasteiger partial charge in [0.25, 0.3) is 0 Å². The maximum absolute atomic E-state index is 8.58. The first kappa shape index (κ1) is 23.8. The molecule has 0 fully saturated rings. The van der Waals surface area contributed by atoms with Crippen molar-refractivity contribution in [3.63, 3.8) is 0 Å².